The van der Waals surface area contributed by atoms with Crippen LogP contribution in [0.3, 0.4) is 0 Å². The molecule has 25 heavy (non-hydrogen) atoms. The number of halogens is 1. The summed E-state index contributed by atoms with van der Waals surface area (Å²) >= 11 is 1.54. The van der Waals surface area contributed by atoms with Gasteiger partial charge in [0.25, 0.3) is 0 Å². The lowest BCUT2D eigenvalue weighted by molar-refractivity contribution is -0.695. The number of carbonyl (C=O) groups is 1. The Kier molecular flexibility index (Phi) is 6.24. The number of carbonyl (C=O) groups excluding carboxylic acids is 1. The van der Waals surface area contributed by atoms with Crippen LogP contribution in [0.4, 0.5) is 0 Å². The summed E-state index contributed by atoms with van der Waals surface area (Å²) in [5.41, 5.74) is 4.25. The predicted octanol–water partition coefficient (Wildman–Crippen LogP) is 0.382. The molecule has 3 aromatic heterocycles. The Hall–Kier alpha value is -1.86. The smallest absolute Gasteiger partial charge is 0.312 e. The van der Waals surface area contributed by atoms with Gasteiger partial charge in [-0.25, -0.2) is 14.5 Å². The molecule has 0 amide bonds. The molecule has 0 aromatic carbocycles. The molecular weight excluding hydrogens is 402 g/mol. The summed E-state index contributed by atoms with van der Waals surface area (Å²) in [6, 6.07) is 7.97. The van der Waals surface area contributed by atoms with Crippen LogP contribution in [0.15, 0.2) is 42.2 Å². The third-order valence-electron chi connectivity index (χ3n) is 3.38. The first-order valence-corrected chi connectivity index (χ1v) is 8.70. The van der Waals surface area contributed by atoms with Gasteiger partial charge in [0.05, 0.1) is 16.7 Å². The highest BCUT2D eigenvalue weighted by Crippen LogP contribution is 2.21. The van der Waals surface area contributed by atoms with Crippen LogP contribution in [0.5, 0.6) is 0 Å². The molecular formula is C18H20BrN3O2S. The standard InChI is InChI=1S/C18H20N3O2S.BrH/c1-18(2,3)23-16(22)8-11-21-9-6-13(7-10-21)14-4-5-15-17(20-14)24-12-19-15;/h4-7,9-10,12H,8,11H2,1-3H3;1H/q+1;/p-1. The van der Waals surface area contributed by atoms with Gasteiger partial charge in [0, 0.05) is 17.7 Å². The summed E-state index contributed by atoms with van der Waals surface area (Å²) in [5, 5.41) is 0. The largest absolute Gasteiger partial charge is 1.00 e. The molecule has 0 radical (unpaired) electrons. The van der Waals surface area contributed by atoms with Crippen LogP contribution in [0.1, 0.15) is 27.2 Å². The number of rotatable bonds is 4. The van der Waals surface area contributed by atoms with Gasteiger partial charge in [0.2, 0.25) is 0 Å². The molecule has 0 aliphatic carbocycles. The summed E-state index contributed by atoms with van der Waals surface area (Å²) in [6.07, 6.45) is 4.27. The average Bonchev–Trinajstić information content (AvgIpc) is 2.99. The van der Waals surface area contributed by atoms with Crippen molar-refractivity contribution in [1.29, 1.82) is 0 Å². The number of hydrogen-bond acceptors (Lipinski definition) is 5. The van der Waals surface area contributed by atoms with Crippen LogP contribution < -0.4 is 21.5 Å². The number of aromatic nitrogens is 3. The summed E-state index contributed by atoms with van der Waals surface area (Å²) < 4.78 is 7.29. The second-order valence-electron chi connectivity index (χ2n) is 6.53. The first-order valence-electron chi connectivity index (χ1n) is 7.82. The fourth-order valence-electron chi connectivity index (χ4n) is 2.30. The molecule has 0 aliphatic rings. The molecule has 0 N–H and O–H groups in total. The topological polar surface area (TPSA) is 56.0 Å². The van der Waals surface area contributed by atoms with Crippen LogP contribution in [-0.2, 0) is 16.1 Å². The van der Waals surface area contributed by atoms with Crippen molar-refractivity contribution >= 4 is 27.7 Å². The van der Waals surface area contributed by atoms with Crippen LogP contribution >= 0.6 is 11.3 Å². The third kappa shape index (κ3) is 5.31. The van der Waals surface area contributed by atoms with E-state index < -0.39 is 5.60 Å². The fourth-order valence-corrected chi connectivity index (χ4v) is 2.96. The molecule has 0 unspecified atom stereocenters. The van der Waals surface area contributed by atoms with Crippen LogP contribution in [0, 0.1) is 0 Å². The van der Waals surface area contributed by atoms with Crippen molar-refractivity contribution in [3.63, 3.8) is 0 Å². The van der Waals surface area contributed by atoms with E-state index in [1.165, 1.54) is 11.3 Å². The van der Waals surface area contributed by atoms with E-state index in [-0.39, 0.29) is 23.0 Å². The van der Waals surface area contributed by atoms with Gasteiger partial charge in [-0.15, -0.1) is 11.3 Å². The number of pyridine rings is 2. The SMILES string of the molecule is CC(C)(C)OC(=O)CC[n+]1ccc(-c2ccc3ncsc3n2)cc1.[Br-]. The van der Waals surface area contributed by atoms with E-state index in [2.05, 4.69) is 9.97 Å². The fraction of sp³-hybridized carbons (Fsp3) is 0.333. The minimum atomic E-state index is -0.438. The van der Waals surface area contributed by atoms with Gasteiger partial charge in [-0.1, -0.05) is 0 Å². The van der Waals surface area contributed by atoms with Gasteiger partial charge in [0.1, 0.15) is 16.9 Å². The summed E-state index contributed by atoms with van der Waals surface area (Å²) in [7, 11) is 0. The van der Waals surface area contributed by atoms with Crippen LogP contribution in [-0.4, -0.2) is 21.5 Å². The van der Waals surface area contributed by atoms with Gasteiger partial charge in [0.15, 0.2) is 18.9 Å². The number of fused-ring (bicyclic) bond motifs is 1. The van der Waals surface area contributed by atoms with Crippen LogP contribution in [0.25, 0.3) is 21.6 Å². The normalized spacial score (nSPS) is 11.2. The van der Waals surface area contributed by atoms with Gasteiger partial charge >= 0.3 is 5.97 Å². The van der Waals surface area contributed by atoms with Crippen molar-refractivity contribution in [3.05, 3.63) is 42.2 Å². The van der Waals surface area contributed by atoms with Gasteiger partial charge < -0.3 is 21.7 Å². The van der Waals surface area contributed by atoms with E-state index in [1.54, 1.807) is 5.51 Å². The second-order valence-corrected chi connectivity index (χ2v) is 7.37. The molecule has 0 spiro atoms. The van der Waals surface area contributed by atoms with E-state index in [0.717, 1.165) is 21.6 Å². The maximum absolute atomic E-state index is 11.8. The van der Waals surface area contributed by atoms with E-state index in [4.69, 9.17) is 4.74 Å². The van der Waals surface area contributed by atoms with E-state index in [0.29, 0.717) is 13.0 Å². The lowest BCUT2D eigenvalue weighted by Gasteiger charge is -2.18. The molecule has 0 saturated carbocycles. The maximum atomic E-state index is 11.8. The second kappa shape index (κ2) is 8.01. The molecule has 0 aliphatic heterocycles. The molecule has 3 heterocycles. The predicted molar refractivity (Wildman–Crippen MR) is 93.5 cm³/mol. The zero-order valence-electron chi connectivity index (χ0n) is 14.4. The van der Waals surface area contributed by atoms with Gasteiger partial charge in [-0.3, -0.25) is 4.79 Å². The third-order valence-corrected chi connectivity index (χ3v) is 4.11. The minimum Gasteiger partial charge on any atom is -1.00 e. The lowest BCUT2D eigenvalue weighted by atomic mass is 10.2. The zero-order chi connectivity index (χ0) is 17.2. The highest BCUT2D eigenvalue weighted by Gasteiger charge is 2.17. The van der Waals surface area contributed by atoms with Crippen molar-refractivity contribution in [2.24, 2.45) is 0 Å². The van der Waals surface area contributed by atoms with E-state index in [1.807, 2.05) is 62.0 Å². The lowest BCUT2D eigenvalue weighted by Crippen LogP contribution is -3.00. The molecule has 0 atom stereocenters. The Morgan fingerprint density at radius 2 is 1.92 bits per heavy atom. The van der Waals surface area contributed by atoms with E-state index >= 15 is 0 Å². The van der Waals surface area contributed by atoms with Gasteiger partial charge in [-0.2, -0.15) is 0 Å². The Bertz CT molecular complexity index is 857. The number of hydrogen-bond donors (Lipinski definition) is 0. The number of thiazole rings is 1. The molecule has 0 saturated heterocycles. The monoisotopic (exact) mass is 421 g/mol. The first kappa shape index (κ1) is 19.5. The number of nitrogens with zero attached hydrogens (tertiary/aromatic N) is 3. The highest BCUT2D eigenvalue weighted by molar-refractivity contribution is 7.16. The molecule has 7 heteroatoms. The Balaban J connectivity index is 0.00000225. The van der Waals surface area contributed by atoms with Crippen molar-refractivity contribution in [2.75, 3.05) is 0 Å². The molecule has 3 rings (SSSR count). The number of ether oxygens (including phenoxy) is 1. The quantitative estimate of drug-likeness (QED) is 0.451. The Labute approximate surface area is 161 Å². The Morgan fingerprint density at radius 1 is 1.20 bits per heavy atom. The summed E-state index contributed by atoms with van der Waals surface area (Å²) in [5.74, 6) is -0.184. The minimum absolute atomic E-state index is 0. The highest BCUT2D eigenvalue weighted by atomic mass is 79.9. The molecule has 5 nitrogen and oxygen atoms in total. The summed E-state index contributed by atoms with van der Waals surface area (Å²) in [4.78, 5) is 21.6. The zero-order valence-corrected chi connectivity index (χ0v) is 16.8. The first-order chi connectivity index (χ1) is 11.4. The number of esters is 1. The van der Waals surface area contributed by atoms with Gasteiger partial charge in [-0.05, 0) is 32.9 Å². The Morgan fingerprint density at radius 3 is 2.60 bits per heavy atom. The molecule has 132 valence electrons. The van der Waals surface area contributed by atoms with Crippen molar-refractivity contribution in [2.45, 2.75) is 39.3 Å². The molecule has 3 aromatic rings. The average molecular weight is 422 g/mol. The van der Waals surface area contributed by atoms with Crippen molar-refractivity contribution in [1.82, 2.24) is 9.97 Å². The van der Waals surface area contributed by atoms with E-state index in [9.17, 15) is 4.79 Å². The number of aryl methyl sites for hydroxylation is 1. The van der Waals surface area contributed by atoms with Crippen molar-refractivity contribution < 1.29 is 31.1 Å². The van der Waals surface area contributed by atoms with Crippen LogP contribution in [0.2, 0.25) is 0 Å². The maximum Gasteiger partial charge on any atom is 0.312 e. The molecule has 0 bridgehead atoms. The molecule has 0 fully saturated rings. The van der Waals surface area contributed by atoms with Crippen molar-refractivity contribution in [3.8, 4) is 11.3 Å². The summed E-state index contributed by atoms with van der Waals surface area (Å²) in [6.45, 7) is 6.22.